The zero-order valence-electron chi connectivity index (χ0n) is 11.6. The van der Waals surface area contributed by atoms with Crippen LogP contribution in [0.5, 0.6) is 11.5 Å². The van der Waals surface area contributed by atoms with E-state index < -0.39 is 0 Å². The number of nitrogens with one attached hydrogen (secondary N) is 1. The van der Waals surface area contributed by atoms with Crippen molar-refractivity contribution in [2.24, 2.45) is 0 Å². The van der Waals surface area contributed by atoms with Gasteiger partial charge in [0.05, 0.1) is 37.0 Å². The number of thiazole rings is 1. The highest BCUT2D eigenvalue weighted by Gasteiger charge is 2.24. The summed E-state index contributed by atoms with van der Waals surface area (Å²) < 4.78 is 10.9. The highest BCUT2D eigenvalue weighted by Crippen LogP contribution is 2.39. The summed E-state index contributed by atoms with van der Waals surface area (Å²) in [6, 6.07) is 5.82. The van der Waals surface area contributed by atoms with Crippen LogP contribution in [0.15, 0.2) is 23.7 Å². The minimum Gasteiger partial charge on any atom is -0.496 e. The van der Waals surface area contributed by atoms with Gasteiger partial charge in [-0.3, -0.25) is 0 Å². The van der Waals surface area contributed by atoms with Crippen molar-refractivity contribution in [3.05, 3.63) is 39.8 Å². The molecule has 0 amide bonds. The lowest BCUT2D eigenvalue weighted by Gasteiger charge is -2.21. The molecule has 1 aromatic heterocycles. The summed E-state index contributed by atoms with van der Waals surface area (Å²) >= 11 is 1.63. The highest BCUT2D eigenvalue weighted by molar-refractivity contribution is 7.09. The fourth-order valence-electron chi connectivity index (χ4n) is 2.16. The summed E-state index contributed by atoms with van der Waals surface area (Å²) in [6.07, 6.45) is 0. The second-order valence-electron chi connectivity index (χ2n) is 4.10. The molecule has 19 heavy (non-hydrogen) atoms. The molecule has 0 radical (unpaired) electrons. The predicted octanol–water partition coefficient (Wildman–Crippen LogP) is 2.78. The van der Waals surface area contributed by atoms with Crippen molar-refractivity contribution >= 4 is 11.3 Å². The van der Waals surface area contributed by atoms with Crippen molar-refractivity contribution in [2.75, 3.05) is 21.3 Å². The van der Waals surface area contributed by atoms with E-state index in [0.717, 1.165) is 22.8 Å². The van der Waals surface area contributed by atoms with E-state index >= 15 is 0 Å². The van der Waals surface area contributed by atoms with Crippen LogP contribution in [-0.2, 0) is 0 Å². The molecule has 0 spiro atoms. The zero-order chi connectivity index (χ0) is 13.8. The van der Waals surface area contributed by atoms with Gasteiger partial charge < -0.3 is 14.8 Å². The highest BCUT2D eigenvalue weighted by atomic mass is 32.1. The molecule has 5 heteroatoms. The summed E-state index contributed by atoms with van der Waals surface area (Å²) in [4.78, 5) is 5.49. The van der Waals surface area contributed by atoms with Crippen LogP contribution in [0.25, 0.3) is 0 Å². The van der Waals surface area contributed by atoms with E-state index in [9.17, 15) is 0 Å². The number of aromatic nitrogens is 1. The Morgan fingerprint density at radius 1 is 1.21 bits per heavy atom. The first-order valence-electron chi connectivity index (χ1n) is 6.01. The van der Waals surface area contributed by atoms with Gasteiger partial charge in [-0.25, -0.2) is 4.98 Å². The summed E-state index contributed by atoms with van der Waals surface area (Å²) in [5.41, 5.74) is 3.89. The van der Waals surface area contributed by atoms with Crippen molar-refractivity contribution in [1.29, 1.82) is 0 Å². The Labute approximate surface area is 117 Å². The third-order valence-electron chi connectivity index (χ3n) is 3.09. The molecule has 1 heterocycles. The molecule has 1 unspecified atom stereocenters. The molecule has 0 aliphatic heterocycles. The zero-order valence-corrected chi connectivity index (χ0v) is 12.4. The van der Waals surface area contributed by atoms with Gasteiger partial charge in [-0.05, 0) is 26.1 Å². The molecule has 0 saturated carbocycles. The normalized spacial score (nSPS) is 12.2. The second kappa shape index (κ2) is 6.04. The third-order valence-corrected chi connectivity index (χ3v) is 4.08. The molecule has 2 rings (SSSR count). The van der Waals surface area contributed by atoms with Crippen LogP contribution in [0.4, 0.5) is 0 Å². The number of methoxy groups -OCH3 is 2. The number of nitrogens with zero attached hydrogens (tertiary/aromatic N) is 1. The molecule has 0 bridgehead atoms. The molecule has 1 atom stereocenters. The van der Waals surface area contributed by atoms with Gasteiger partial charge in [0.2, 0.25) is 0 Å². The molecule has 0 saturated heterocycles. The van der Waals surface area contributed by atoms with Gasteiger partial charge in [-0.1, -0.05) is 6.07 Å². The number of aryl methyl sites for hydroxylation is 1. The summed E-state index contributed by atoms with van der Waals surface area (Å²) in [7, 11) is 5.27. The van der Waals surface area contributed by atoms with E-state index in [1.54, 1.807) is 25.6 Å². The maximum atomic E-state index is 5.47. The Kier molecular flexibility index (Phi) is 4.39. The SMILES string of the molecule is CNC(c1scnc1C)c1c(OC)cccc1OC. The maximum Gasteiger partial charge on any atom is 0.127 e. The molecule has 0 fully saturated rings. The minimum atomic E-state index is 0.0126. The van der Waals surface area contributed by atoms with Crippen LogP contribution in [-0.4, -0.2) is 26.3 Å². The van der Waals surface area contributed by atoms with E-state index in [1.807, 2.05) is 37.7 Å². The van der Waals surface area contributed by atoms with E-state index in [1.165, 1.54) is 4.88 Å². The summed E-state index contributed by atoms with van der Waals surface area (Å²) in [6.45, 7) is 2.01. The van der Waals surface area contributed by atoms with E-state index in [2.05, 4.69) is 10.3 Å². The first-order chi connectivity index (χ1) is 9.22. The smallest absolute Gasteiger partial charge is 0.127 e. The second-order valence-corrected chi connectivity index (χ2v) is 4.99. The largest absolute Gasteiger partial charge is 0.496 e. The number of hydrogen-bond acceptors (Lipinski definition) is 5. The standard InChI is InChI=1S/C14H18N2O2S/c1-9-14(19-8-16-9)13(15-2)12-10(17-3)6-5-7-11(12)18-4/h5-8,13,15H,1-4H3. The Balaban J connectivity index is 2.57. The van der Waals surface area contributed by atoms with Gasteiger partial charge in [-0.2, -0.15) is 0 Å². The average molecular weight is 278 g/mol. The van der Waals surface area contributed by atoms with Crippen LogP contribution in [0, 0.1) is 6.92 Å². The fourth-order valence-corrected chi connectivity index (χ4v) is 3.08. The monoisotopic (exact) mass is 278 g/mol. The van der Waals surface area contributed by atoms with Gasteiger partial charge in [0.15, 0.2) is 0 Å². The van der Waals surface area contributed by atoms with E-state index in [-0.39, 0.29) is 6.04 Å². The molecule has 2 aromatic rings. The molecule has 1 aromatic carbocycles. The van der Waals surface area contributed by atoms with Crippen molar-refractivity contribution in [2.45, 2.75) is 13.0 Å². The van der Waals surface area contributed by atoms with Gasteiger partial charge in [0.1, 0.15) is 11.5 Å². The molecular formula is C14H18N2O2S. The number of benzene rings is 1. The van der Waals surface area contributed by atoms with Gasteiger partial charge in [0, 0.05) is 4.88 Å². The van der Waals surface area contributed by atoms with Crippen LogP contribution in [0.3, 0.4) is 0 Å². The van der Waals surface area contributed by atoms with Crippen molar-refractivity contribution in [3.63, 3.8) is 0 Å². The lowest BCUT2D eigenvalue weighted by Crippen LogP contribution is -2.19. The molecule has 0 aliphatic carbocycles. The average Bonchev–Trinajstić information content (AvgIpc) is 2.86. The first kappa shape index (κ1) is 13.8. The quantitative estimate of drug-likeness (QED) is 0.913. The molecule has 102 valence electrons. The predicted molar refractivity (Wildman–Crippen MR) is 77.3 cm³/mol. The molecule has 0 aliphatic rings. The number of hydrogen-bond donors (Lipinski definition) is 1. The van der Waals surface area contributed by atoms with Crippen molar-refractivity contribution in [1.82, 2.24) is 10.3 Å². The fraction of sp³-hybridized carbons (Fsp3) is 0.357. The van der Waals surface area contributed by atoms with Crippen molar-refractivity contribution < 1.29 is 9.47 Å². The first-order valence-corrected chi connectivity index (χ1v) is 6.89. The third kappa shape index (κ3) is 2.57. The Bertz CT molecular complexity index is 532. The Morgan fingerprint density at radius 3 is 2.26 bits per heavy atom. The maximum absolute atomic E-state index is 5.47. The van der Waals surface area contributed by atoms with Gasteiger partial charge in [-0.15, -0.1) is 11.3 Å². The van der Waals surface area contributed by atoms with E-state index in [0.29, 0.717) is 0 Å². The van der Waals surface area contributed by atoms with Crippen LogP contribution in [0.1, 0.15) is 22.2 Å². The van der Waals surface area contributed by atoms with Gasteiger partial charge >= 0.3 is 0 Å². The van der Waals surface area contributed by atoms with Crippen LogP contribution < -0.4 is 14.8 Å². The lowest BCUT2D eigenvalue weighted by atomic mass is 10.0. The van der Waals surface area contributed by atoms with Crippen LogP contribution >= 0.6 is 11.3 Å². The summed E-state index contributed by atoms with van der Waals surface area (Å²) in [5.74, 6) is 1.62. The van der Waals surface area contributed by atoms with E-state index in [4.69, 9.17) is 9.47 Å². The molecular weight excluding hydrogens is 260 g/mol. The minimum absolute atomic E-state index is 0.0126. The molecule has 1 N–H and O–H groups in total. The van der Waals surface area contributed by atoms with Crippen molar-refractivity contribution in [3.8, 4) is 11.5 Å². The Hall–Kier alpha value is -1.59. The lowest BCUT2D eigenvalue weighted by molar-refractivity contribution is 0.379. The number of ether oxygens (including phenoxy) is 2. The van der Waals surface area contributed by atoms with Gasteiger partial charge in [0.25, 0.3) is 0 Å². The number of rotatable bonds is 5. The van der Waals surface area contributed by atoms with Crippen LogP contribution in [0.2, 0.25) is 0 Å². The molecule has 4 nitrogen and oxygen atoms in total. The summed E-state index contributed by atoms with van der Waals surface area (Å²) in [5, 5.41) is 3.32. The topological polar surface area (TPSA) is 43.4 Å². The Morgan fingerprint density at radius 2 is 1.84 bits per heavy atom.